The van der Waals surface area contributed by atoms with Crippen LogP contribution in [0.1, 0.15) is 9.78 Å². The predicted octanol–water partition coefficient (Wildman–Crippen LogP) is -8.15. The fraction of sp³-hybridized carbons (Fsp3) is 0.500. The van der Waals surface area contributed by atoms with E-state index in [1.807, 2.05) is 0 Å². The molecule has 0 bridgehead atoms. The van der Waals surface area contributed by atoms with Gasteiger partial charge in [0, 0.05) is 6.92 Å². The molecule has 0 aliphatic heterocycles. The van der Waals surface area contributed by atoms with Crippen molar-refractivity contribution < 1.29 is 88.3 Å². The minimum absolute atomic E-state index is 0. The smallest absolute Gasteiger partial charge is 1.00 e. The first-order valence-electron chi connectivity index (χ1n) is 0.928. The van der Waals surface area contributed by atoms with E-state index < -0.39 is 5.97 Å². The Kier molecular flexibility index (Phi) is 183. The molecular weight excluding hydrogens is 150 g/mol. The molecule has 0 rings (SSSR count). The van der Waals surface area contributed by atoms with Crippen molar-refractivity contribution in [2.75, 3.05) is 0 Å². The Morgan fingerprint density at radius 2 is 1.22 bits per heavy atom. The van der Waals surface area contributed by atoms with Crippen LogP contribution in [0.25, 0.3) is 0 Å². The molecule has 0 unspecified atom stereocenters. The molecule has 0 amide bonds. The third-order valence-electron chi connectivity index (χ3n) is 0. The Bertz CT molecular complexity index is 43.5. The minimum Gasteiger partial charge on any atom is -1.00 e. The number of rotatable bonds is 0. The molecule has 9 heavy (non-hydrogen) atoms. The summed E-state index contributed by atoms with van der Waals surface area (Å²) >= 11 is 0. The van der Waals surface area contributed by atoms with Crippen molar-refractivity contribution in [1.29, 1.82) is 0 Å². The van der Waals surface area contributed by atoms with Gasteiger partial charge in [0.25, 0.3) is 5.97 Å². The average Bonchev–Trinajstić information content (AvgIpc) is 0.811. The zero-order valence-electron chi connectivity index (χ0n) is 7.86. The summed E-state index contributed by atoms with van der Waals surface area (Å²) in [7, 11) is 0. The van der Waals surface area contributed by atoms with Crippen LogP contribution >= 0.6 is 0 Å². The van der Waals surface area contributed by atoms with E-state index in [1.54, 1.807) is 0 Å². The summed E-state index contributed by atoms with van der Waals surface area (Å²) in [6.45, 7) is 1.08. The van der Waals surface area contributed by atoms with Crippen LogP contribution in [-0.2, 0) is 4.79 Å². The second kappa shape index (κ2) is 34.5. The third-order valence-corrected chi connectivity index (χ3v) is 0. The molecule has 7 heteroatoms. The van der Waals surface area contributed by atoms with Gasteiger partial charge in [0.2, 0.25) is 0 Å². The van der Waals surface area contributed by atoms with E-state index in [1.165, 1.54) is 0 Å². The molecule has 0 aromatic carbocycles. The summed E-state index contributed by atoms with van der Waals surface area (Å²) in [5.41, 5.74) is 0. The van der Waals surface area contributed by atoms with Crippen molar-refractivity contribution in [3.63, 3.8) is 0 Å². The topological polar surface area (TPSA) is 132 Å². The van der Waals surface area contributed by atoms with Crippen LogP contribution in [0.5, 0.6) is 0 Å². The van der Waals surface area contributed by atoms with E-state index in [0.29, 0.717) is 0 Å². The number of aliphatic carboxylic acids is 1. The van der Waals surface area contributed by atoms with Gasteiger partial charge in [-0.05, 0) is 0 Å². The van der Waals surface area contributed by atoms with E-state index in [-0.39, 0.29) is 78.4 Å². The normalized spacial score (nSPS) is 2.78. The molecule has 0 radical (unpaired) electrons. The van der Waals surface area contributed by atoms with Gasteiger partial charge in [-0.1, -0.05) is 0 Å². The molecule has 0 spiro atoms. The molecule has 52 valence electrons. The zero-order valence-corrected chi connectivity index (χ0v) is 9.86. The van der Waals surface area contributed by atoms with Crippen molar-refractivity contribution in [2.45, 2.75) is 6.92 Å². The summed E-state index contributed by atoms with van der Waals surface area (Å²) in [6.07, 6.45) is 0. The maximum Gasteiger partial charge on any atom is 1.00 e. The molecule has 7 N–H and O–H groups in total. The molecule has 0 aromatic rings. The summed E-state index contributed by atoms with van der Waals surface area (Å²) in [5, 5.41) is 7.42. The Hall–Kier alpha value is 1.35. The Morgan fingerprint density at radius 1 is 1.22 bits per heavy atom. The second-order valence-electron chi connectivity index (χ2n) is 0.519. The molecule has 0 atom stereocenters. The van der Waals surface area contributed by atoms with E-state index in [4.69, 9.17) is 9.90 Å². The summed E-state index contributed by atoms with van der Waals surface area (Å²) in [4.78, 5) is 9.00. The molecule has 0 heterocycles. The van der Waals surface area contributed by atoms with E-state index >= 15 is 0 Å². The van der Waals surface area contributed by atoms with E-state index in [0.717, 1.165) is 6.92 Å². The van der Waals surface area contributed by atoms with Gasteiger partial charge >= 0.3 is 59.1 Å². The van der Waals surface area contributed by atoms with Crippen molar-refractivity contribution in [3.8, 4) is 0 Å². The van der Waals surface area contributed by atoms with Crippen molar-refractivity contribution in [2.24, 2.45) is 0 Å². The summed E-state index contributed by atoms with van der Waals surface area (Å²) < 4.78 is 0. The van der Waals surface area contributed by atoms with Crippen LogP contribution in [0.3, 0.4) is 0 Å². The first-order chi connectivity index (χ1) is 1.73. The Morgan fingerprint density at radius 3 is 1.22 bits per heavy atom. The van der Waals surface area contributed by atoms with E-state index in [9.17, 15) is 0 Å². The fourth-order valence-electron chi connectivity index (χ4n) is 0. The monoisotopic (exact) mass is 162 g/mol. The number of carboxylic acids is 1. The fourth-order valence-corrected chi connectivity index (χ4v) is 0. The SMILES string of the molecule is CC(=O)O.O.O.O.[H-].[H-].[Na+].[Na+]. The van der Waals surface area contributed by atoms with Gasteiger partial charge in [-0.25, -0.2) is 0 Å². The minimum atomic E-state index is -0.833. The number of hydrogen-bond acceptors (Lipinski definition) is 1. The maximum atomic E-state index is 9.00. The molecule has 0 aliphatic carbocycles. The standard InChI is InChI=1S/C2H4O2.2Na.3H2O.2H/c1-2(3)4;;;;;;;/h1H3,(H,3,4);;;3*1H2;;/q;2*+1;;;;2*-1. The quantitative estimate of drug-likeness (QED) is 0.354. The molecule has 5 nitrogen and oxygen atoms in total. The van der Waals surface area contributed by atoms with Crippen LogP contribution in [-0.4, -0.2) is 27.5 Å². The van der Waals surface area contributed by atoms with Gasteiger partial charge in [0.05, 0.1) is 0 Å². The van der Waals surface area contributed by atoms with Gasteiger partial charge in [0.15, 0.2) is 0 Å². The van der Waals surface area contributed by atoms with Gasteiger partial charge in [-0.15, -0.1) is 0 Å². The average molecular weight is 162 g/mol. The predicted molar refractivity (Wildman–Crippen MR) is 26.4 cm³/mol. The number of carboxylic acid groups (broad SMARTS) is 1. The van der Waals surface area contributed by atoms with Gasteiger partial charge < -0.3 is 24.4 Å². The zero-order chi connectivity index (χ0) is 3.58. The van der Waals surface area contributed by atoms with Crippen LogP contribution < -0.4 is 59.1 Å². The molecular formula is C2H12Na2O5. The van der Waals surface area contributed by atoms with Crippen molar-refractivity contribution >= 4 is 5.97 Å². The third kappa shape index (κ3) is 277. The van der Waals surface area contributed by atoms with Gasteiger partial charge in [-0.2, -0.15) is 0 Å². The first-order valence-corrected chi connectivity index (χ1v) is 0.928. The van der Waals surface area contributed by atoms with Gasteiger partial charge in [0.1, 0.15) is 0 Å². The van der Waals surface area contributed by atoms with Crippen molar-refractivity contribution in [3.05, 3.63) is 0 Å². The molecule has 0 saturated heterocycles. The number of carbonyl (C=O) groups is 1. The van der Waals surface area contributed by atoms with Crippen LogP contribution in [0.15, 0.2) is 0 Å². The Labute approximate surface area is 100 Å². The maximum absolute atomic E-state index is 9.00. The second-order valence-corrected chi connectivity index (χ2v) is 0.519. The van der Waals surface area contributed by atoms with Crippen LogP contribution in [0, 0.1) is 0 Å². The largest absolute Gasteiger partial charge is 1.00 e. The van der Waals surface area contributed by atoms with Gasteiger partial charge in [-0.3, -0.25) is 4.79 Å². The van der Waals surface area contributed by atoms with Crippen LogP contribution in [0.4, 0.5) is 0 Å². The molecule has 0 aromatic heterocycles. The first kappa shape index (κ1) is 47.8. The molecule has 0 saturated carbocycles. The summed E-state index contributed by atoms with van der Waals surface area (Å²) in [6, 6.07) is 0. The van der Waals surface area contributed by atoms with Crippen molar-refractivity contribution in [1.82, 2.24) is 0 Å². The molecule has 0 aliphatic rings. The Balaban J connectivity index is -0.00000000214. The molecule has 0 fully saturated rings. The van der Waals surface area contributed by atoms with E-state index in [2.05, 4.69) is 0 Å². The summed E-state index contributed by atoms with van der Waals surface area (Å²) in [5.74, 6) is -0.833. The number of hydrogen-bond donors (Lipinski definition) is 1. The van der Waals surface area contributed by atoms with Crippen LogP contribution in [0.2, 0.25) is 0 Å².